The first-order valence-electron chi connectivity index (χ1n) is 9.63. The van der Waals surface area contributed by atoms with Gasteiger partial charge in [-0.25, -0.2) is 0 Å². The number of carbonyl (C=O) groups is 1. The number of hydrogen-bond donors (Lipinski definition) is 1. The maximum Gasteiger partial charge on any atom is 0.204 e. The Balaban J connectivity index is 2.06. The van der Waals surface area contributed by atoms with Crippen LogP contribution in [0.3, 0.4) is 0 Å². The van der Waals surface area contributed by atoms with Crippen LogP contribution in [-0.4, -0.2) is 40.2 Å². The number of ketones is 1. The Kier molecular flexibility index (Phi) is 6.01. The highest BCUT2D eigenvalue weighted by Crippen LogP contribution is 2.43. The monoisotopic (exact) mass is 396 g/mol. The predicted molar refractivity (Wildman–Crippen MR) is 116 cm³/mol. The van der Waals surface area contributed by atoms with E-state index in [0.717, 1.165) is 11.3 Å². The van der Waals surface area contributed by atoms with Crippen LogP contribution in [0.2, 0.25) is 0 Å². The van der Waals surface area contributed by atoms with E-state index in [1.807, 2.05) is 57.1 Å². The molecule has 2 aromatic rings. The lowest BCUT2D eigenvalue weighted by Gasteiger charge is -2.22. The number of ether oxygens (including phenoxy) is 3. The summed E-state index contributed by atoms with van der Waals surface area (Å²) in [6.45, 7) is 4.97. The number of nitrogen functional groups attached to an aromatic ring is 1. The summed E-state index contributed by atoms with van der Waals surface area (Å²) in [6, 6.07) is 9.09. The van der Waals surface area contributed by atoms with Crippen molar-refractivity contribution in [2.75, 3.05) is 45.1 Å². The zero-order valence-corrected chi connectivity index (χ0v) is 17.6. The van der Waals surface area contributed by atoms with Crippen LogP contribution in [0.1, 0.15) is 29.8 Å². The fourth-order valence-electron chi connectivity index (χ4n) is 3.33. The highest BCUT2D eigenvalue weighted by molar-refractivity contribution is 6.12. The fourth-order valence-corrected chi connectivity index (χ4v) is 3.33. The van der Waals surface area contributed by atoms with Gasteiger partial charge >= 0.3 is 0 Å². The van der Waals surface area contributed by atoms with Crippen molar-refractivity contribution < 1.29 is 19.0 Å². The molecule has 0 fully saturated rings. The summed E-state index contributed by atoms with van der Waals surface area (Å²) >= 11 is 0. The smallest absolute Gasteiger partial charge is 0.204 e. The number of allylic oxidation sites excluding steroid dienone is 1. The molecule has 6 heteroatoms. The summed E-state index contributed by atoms with van der Waals surface area (Å²) in [7, 11) is 5.39. The van der Waals surface area contributed by atoms with E-state index >= 15 is 0 Å². The molecular formula is C23H28N2O4. The van der Waals surface area contributed by atoms with Gasteiger partial charge in [0.25, 0.3) is 0 Å². The Morgan fingerprint density at radius 3 is 2.55 bits per heavy atom. The van der Waals surface area contributed by atoms with Gasteiger partial charge in [0.2, 0.25) is 5.75 Å². The van der Waals surface area contributed by atoms with Gasteiger partial charge in [-0.15, -0.1) is 0 Å². The molecule has 2 N–H and O–H groups in total. The van der Waals surface area contributed by atoms with Gasteiger partial charge in [0.05, 0.1) is 18.5 Å². The molecular weight excluding hydrogens is 368 g/mol. The van der Waals surface area contributed by atoms with Crippen LogP contribution >= 0.6 is 0 Å². The second-order valence-electron chi connectivity index (χ2n) is 7.46. The summed E-state index contributed by atoms with van der Waals surface area (Å²) in [5.74, 6) is 1.77. The number of anilines is 2. The van der Waals surface area contributed by atoms with Crippen molar-refractivity contribution in [2.24, 2.45) is 5.92 Å². The molecule has 6 nitrogen and oxygen atoms in total. The number of carbonyl (C=O) groups excluding carboxylic acids is 1. The lowest BCUT2D eigenvalue weighted by Crippen LogP contribution is -2.16. The third-order valence-electron chi connectivity index (χ3n) is 4.87. The van der Waals surface area contributed by atoms with Crippen LogP contribution in [0.25, 0.3) is 6.08 Å². The van der Waals surface area contributed by atoms with Crippen molar-refractivity contribution in [1.82, 2.24) is 0 Å². The first-order chi connectivity index (χ1) is 13.8. The topological polar surface area (TPSA) is 74.0 Å². The zero-order valence-electron chi connectivity index (χ0n) is 17.6. The Morgan fingerprint density at radius 1 is 1.17 bits per heavy atom. The largest absolute Gasteiger partial charge is 0.492 e. The molecule has 0 bridgehead atoms. The van der Waals surface area contributed by atoms with Crippen molar-refractivity contribution in [2.45, 2.75) is 13.8 Å². The number of benzene rings is 2. The maximum absolute atomic E-state index is 13.3. The maximum atomic E-state index is 13.3. The molecule has 0 aromatic heterocycles. The van der Waals surface area contributed by atoms with Gasteiger partial charge in [-0.3, -0.25) is 4.79 Å². The number of Topliss-reactive ketones (excluding diaryl/α,β-unsaturated/α-hetero) is 1. The molecule has 154 valence electrons. The summed E-state index contributed by atoms with van der Waals surface area (Å²) < 4.78 is 17.0. The van der Waals surface area contributed by atoms with Crippen molar-refractivity contribution in [3.8, 4) is 17.2 Å². The van der Waals surface area contributed by atoms with E-state index in [0.29, 0.717) is 47.3 Å². The molecule has 1 aliphatic rings. The van der Waals surface area contributed by atoms with Gasteiger partial charge < -0.3 is 24.8 Å². The summed E-state index contributed by atoms with van der Waals surface area (Å²) in [6.07, 6.45) is 1.87. The Bertz CT molecular complexity index is 948. The summed E-state index contributed by atoms with van der Waals surface area (Å²) in [4.78, 5) is 15.2. The van der Waals surface area contributed by atoms with Crippen molar-refractivity contribution in [3.63, 3.8) is 0 Å². The molecule has 0 radical (unpaired) electrons. The third-order valence-corrected chi connectivity index (χ3v) is 4.87. The predicted octanol–water partition coefficient (Wildman–Crippen LogP) is 4.04. The van der Waals surface area contributed by atoms with E-state index in [4.69, 9.17) is 19.9 Å². The zero-order chi connectivity index (χ0) is 21.1. The molecule has 0 unspecified atom stereocenters. The highest BCUT2D eigenvalue weighted by Gasteiger charge is 2.22. The lowest BCUT2D eigenvalue weighted by atomic mass is 9.91. The molecule has 0 saturated heterocycles. The Labute approximate surface area is 171 Å². The number of nitrogens with two attached hydrogens (primary N) is 1. The van der Waals surface area contributed by atoms with E-state index < -0.39 is 0 Å². The van der Waals surface area contributed by atoms with Gasteiger partial charge in [-0.2, -0.15) is 0 Å². The quantitative estimate of drug-likeness (QED) is 0.451. The normalized spacial score (nSPS) is 13.4. The van der Waals surface area contributed by atoms with Crippen LogP contribution in [0, 0.1) is 5.92 Å². The molecule has 1 aliphatic heterocycles. The van der Waals surface area contributed by atoms with Gasteiger partial charge in [-0.05, 0) is 42.3 Å². The molecule has 0 saturated carbocycles. The first kappa shape index (κ1) is 20.6. The van der Waals surface area contributed by atoms with Crippen LogP contribution < -0.4 is 24.8 Å². The standard InChI is InChI=1S/C23H28N2O4/c1-14(2)17(21(26)15-6-8-18(24)19(13-15)25(3)4)12-16-7-9-20-23(22(16)27-5)29-11-10-28-20/h6-9,12-14H,10-11,24H2,1-5H3. The molecule has 0 amide bonds. The molecule has 3 rings (SSSR count). The van der Waals surface area contributed by atoms with Crippen molar-refractivity contribution in [1.29, 1.82) is 0 Å². The Hall–Kier alpha value is -3.15. The second-order valence-corrected chi connectivity index (χ2v) is 7.46. The van der Waals surface area contributed by atoms with E-state index in [9.17, 15) is 4.79 Å². The molecule has 29 heavy (non-hydrogen) atoms. The average Bonchev–Trinajstić information content (AvgIpc) is 2.71. The number of hydrogen-bond acceptors (Lipinski definition) is 6. The van der Waals surface area contributed by atoms with Crippen LogP contribution in [0.15, 0.2) is 35.9 Å². The first-order valence-corrected chi connectivity index (χ1v) is 9.63. The third kappa shape index (κ3) is 4.16. The molecule has 1 heterocycles. The van der Waals surface area contributed by atoms with E-state index in [1.165, 1.54) is 0 Å². The SMILES string of the molecule is COc1c(C=C(C(=O)c2ccc(N)c(N(C)C)c2)C(C)C)ccc2c1OCCO2. The summed E-state index contributed by atoms with van der Waals surface area (Å²) in [5.41, 5.74) is 9.54. The summed E-state index contributed by atoms with van der Waals surface area (Å²) in [5, 5.41) is 0. The highest BCUT2D eigenvalue weighted by atomic mass is 16.6. The minimum atomic E-state index is -0.0416. The van der Waals surface area contributed by atoms with Crippen LogP contribution in [0.5, 0.6) is 17.2 Å². The van der Waals surface area contributed by atoms with Gasteiger partial charge in [0, 0.05) is 30.8 Å². The number of fused-ring (bicyclic) bond motifs is 1. The lowest BCUT2D eigenvalue weighted by molar-refractivity contribution is 0.102. The molecule has 0 spiro atoms. The Morgan fingerprint density at radius 2 is 1.90 bits per heavy atom. The van der Waals surface area contributed by atoms with Crippen LogP contribution in [-0.2, 0) is 0 Å². The number of nitrogens with zero attached hydrogens (tertiary/aromatic N) is 1. The average molecular weight is 396 g/mol. The van der Waals surface area contributed by atoms with Gasteiger partial charge in [0.15, 0.2) is 17.3 Å². The number of methoxy groups -OCH3 is 1. The minimum absolute atomic E-state index is 0.0146. The molecule has 0 atom stereocenters. The molecule has 2 aromatic carbocycles. The minimum Gasteiger partial charge on any atom is -0.492 e. The van der Waals surface area contributed by atoms with Crippen molar-refractivity contribution >= 4 is 23.2 Å². The molecule has 0 aliphatic carbocycles. The fraction of sp³-hybridized carbons (Fsp3) is 0.348. The van der Waals surface area contributed by atoms with E-state index in [-0.39, 0.29) is 11.7 Å². The van der Waals surface area contributed by atoms with Gasteiger partial charge in [-0.1, -0.05) is 13.8 Å². The van der Waals surface area contributed by atoms with Gasteiger partial charge in [0.1, 0.15) is 13.2 Å². The number of rotatable bonds is 6. The van der Waals surface area contributed by atoms with E-state index in [2.05, 4.69) is 0 Å². The second kappa shape index (κ2) is 8.47. The van der Waals surface area contributed by atoms with Crippen LogP contribution in [0.4, 0.5) is 11.4 Å². The van der Waals surface area contributed by atoms with E-state index in [1.54, 1.807) is 19.2 Å². The van der Waals surface area contributed by atoms with Crippen molar-refractivity contribution in [3.05, 3.63) is 47.0 Å².